The fourth-order valence-electron chi connectivity index (χ4n) is 2.84. The Bertz CT molecular complexity index is 865. The van der Waals surface area contributed by atoms with E-state index in [0.717, 1.165) is 23.5 Å². The van der Waals surface area contributed by atoms with E-state index in [9.17, 15) is 4.79 Å². The largest absolute Gasteiger partial charge is 0.369 e. The fourth-order valence-corrected chi connectivity index (χ4v) is 2.84. The van der Waals surface area contributed by atoms with Gasteiger partial charge < -0.3 is 5.73 Å². The molecule has 3 rings (SSSR count). The van der Waals surface area contributed by atoms with Crippen molar-refractivity contribution in [1.82, 2.24) is 24.5 Å². The van der Waals surface area contributed by atoms with Crippen LogP contribution in [0.5, 0.6) is 0 Å². The first-order chi connectivity index (χ1) is 12.0. The van der Waals surface area contributed by atoms with E-state index >= 15 is 0 Å². The third-order valence-corrected chi connectivity index (χ3v) is 4.04. The zero-order valence-corrected chi connectivity index (χ0v) is 14.5. The topological polar surface area (TPSA) is 91.6 Å². The number of hydrogen-bond donors (Lipinski definition) is 1. The Morgan fingerprint density at radius 2 is 1.96 bits per heavy atom. The van der Waals surface area contributed by atoms with Crippen LogP contribution in [0.3, 0.4) is 0 Å². The quantitative estimate of drug-likeness (QED) is 0.700. The van der Waals surface area contributed by atoms with Gasteiger partial charge in [0.15, 0.2) is 5.82 Å². The Balaban J connectivity index is 1.82. The Hall–Kier alpha value is -2.96. The number of nitrogens with two attached hydrogens (primary N) is 1. The van der Waals surface area contributed by atoms with Gasteiger partial charge in [-0.1, -0.05) is 30.3 Å². The molecule has 0 aliphatic carbocycles. The number of rotatable bonds is 7. The van der Waals surface area contributed by atoms with Gasteiger partial charge in [0, 0.05) is 31.8 Å². The highest BCUT2D eigenvalue weighted by Crippen LogP contribution is 2.13. The summed E-state index contributed by atoms with van der Waals surface area (Å²) in [6, 6.07) is 10.2. The molecule has 2 N–H and O–H groups in total. The second-order valence-electron chi connectivity index (χ2n) is 6.14. The molecule has 0 saturated heterocycles. The first-order valence-corrected chi connectivity index (χ1v) is 8.25. The second-order valence-corrected chi connectivity index (χ2v) is 6.14. The van der Waals surface area contributed by atoms with Gasteiger partial charge in [0.25, 0.3) is 0 Å². The van der Waals surface area contributed by atoms with Gasteiger partial charge in [-0.3, -0.25) is 9.48 Å². The standard InChI is InChI=1S/C18H22N6O/c1-13-15(12-23(2)21-13)10-18-20-17(11-16(19)25)22-24(18)9-8-14-6-4-3-5-7-14/h3-7,12H,8-11H2,1-2H3,(H2,19,25). The number of primary amides is 1. The van der Waals surface area contributed by atoms with Gasteiger partial charge in [-0.05, 0) is 18.9 Å². The van der Waals surface area contributed by atoms with Crippen LogP contribution < -0.4 is 5.73 Å². The van der Waals surface area contributed by atoms with Gasteiger partial charge in [0.1, 0.15) is 5.82 Å². The average molecular weight is 338 g/mol. The number of hydrogen-bond acceptors (Lipinski definition) is 4. The summed E-state index contributed by atoms with van der Waals surface area (Å²) in [5.41, 5.74) is 8.59. The lowest BCUT2D eigenvalue weighted by Crippen LogP contribution is -2.15. The van der Waals surface area contributed by atoms with Crippen LogP contribution in [0.1, 0.15) is 28.5 Å². The molecule has 0 saturated carbocycles. The third-order valence-electron chi connectivity index (χ3n) is 4.04. The van der Waals surface area contributed by atoms with Crippen molar-refractivity contribution in [3.05, 3.63) is 65.0 Å². The van der Waals surface area contributed by atoms with Gasteiger partial charge in [0.05, 0.1) is 12.1 Å². The number of carbonyl (C=O) groups is 1. The van der Waals surface area contributed by atoms with E-state index in [-0.39, 0.29) is 6.42 Å². The van der Waals surface area contributed by atoms with Crippen molar-refractivity contribution in [2.75, 3.05) is 0 Å². The number of nitrogens with zero attached hydrogens (tertiary/aromatic N) is 5. The molecule has 0 bridgehead atoms. The summed E-state index contributed by atoms with van der Waals surface area (Å²) in [4.78, 5) is 15.7. The van der Waals surface area contributed by atoms with Gasteiger partial charge >= 0.3 is 0 Å². The average Bonchev–Trinajstić information content (AvgIpc) is 3.08. The highest BCUT2D eigenvalue weighted by atomic mass is 16.1. The third kappa shape index (κ3) is 4.32. The predicted octanol–water partition coefficient (Wildman–Crippen LogP) is 1.18. The van der Waals surface area contributed by atoms with E-state index < -0.39 is 5.91 Å². The van der Waals surface area contributed by atoms with Gasteiger partial charge in [-0.2, -0.15) is 10.2 Å². The molecule has 0 aliphatic rings. The van der Waals surface area contributed by atoms with Crippen LogP contribution in [0.15, 0.2) is 36.5 Å². The van der Waals surface area contributed by atoms with E-state index in [1.165, 1.54) is 5.56 Å². The lowest BCUT2D eigenvalue weighted by molar-refractivity contribution is -0.117. The van der Waals surface area contributed by atoms with E-state index in [4.69, 9.17) is 5.73 Å². The maximum Gasteiger partial charge on any atom is 0.225 e. The molecule has 0 spiro atoms. The lowest BCUT2D eigenvalue weighted by atomic mass is 10.1. The normalized spacial score (nSPS) is 11.0. The van der Waals surface area contributed by atoms with Gasteiger partial charge in [-0.25, -0.2) is 9.67 Å². The predicted molar refractivity (Wildman–Crippen MR) is 93.8 cm³/mol. The summed E-state index contributed by atoms with van der Waals surface area (Å²) >= 11 is 0. The summed E-state index contributed by atoms with van der Waals surface area (Å²) < 4.78 is 3.66. The van der Waals surface area contributed by atoms with Crippen molar-refractivity contribution >= 4 is 5.91 Å². The number of carbonyl (C=O) groups excluding carboxylic acids is 1. The minimum Gasteiger partial charge on any atom is -0.369 e. The number of amides is 1. The molecule has 2 heterocycles. The minimum atomic E-state index is -0.427. The van der Waals surface area contributed by atoms with Crippen LogP contribution in [0.2, 0.25) is 0 Å². The van der Waals surface area contributed by atoms with Gasteiger partial charge in [-0.15, -0.1) is 0 Å². The maximum atomic E-state index is 11.2. The molecule has 1 aromatic carbocycles. The zero-order chi connectivity index (χ0) is 17.8. The summed E-state index contributed by atoms with van der Waals surface area (Å²) in [6.45, 7) is 2.68. The molecule has 7 heteroatoms. The summed E-state index contributed by atoms with van der Waals surface area (Å²) in [6.07, 6.45) is 3.51. The highest BCUT2D eigenvalue weighted by molar-refractivity contribution is 5.75. The molecular formula is C18H22N6O. The zero-order valence-electron chi connectivity index (χ0n) is 14.5. The van der Waals surface area contributed by atoms with Gasteiger partial charge in [0.2, 0.25) is 5.91 Å². The number of aryl methyl sites for hydroxylation is 4. The first kappa shape index (κ1) is 16.9. The first-order valence-electron chi connectivity index (χ1n) is 8.25. The minimum absolute atomic E-state index is 0.0529. The molecular weight excluding hydrogens is 316 g/mol. The van der Waals surface area contributed by atoms with Crippen molar-refractivity contribution in [2.24, 2.45) is 12.8 Å². The molecule has 2 aromatic heterocycles. The highest BCUT2D eigenvalue weighted by Gasteiger charge is 2.14. The Morgan fingerprint density at radius 3 is 2.60 bits per heavy atom. The molecule has 0 atom stereocenters. The molecule has 0 fully saturated rings. The molecule has 25 heavy (non-hydrogen) atoms. The summed E-state index contributed by atoms with van der Waals surface area (Å²) in [7, 11) is 1.90. The molecule has 130 valence electrons. The van der Waals surface area contributed by atoms with Crippen LogP contribution in [-0.2, 0) is 37.6 Å². The Morgan fingerprint density at radius 1 is 1.20 bits per heavy atom. The molecule has 1 amide bonds. The molecule has 0 unspecified atom stereocenters. The maximum absolute atomic E-state index is 11.2. The molecule has 7 nitrogen and oxygen atoms in total. The van der Waals surface area contributed by atoms with Crippen molar-refractivity contribution in [3.63, 3.8) is 0 Å². The van der Waals surface area contributed by atoms with E-state index in [2.05, 4.69) is 27.3 Å². The molecule has 0 radical (unpaired) electrons. The molecule has 3 aromatic rings. The van der Waals surface area contributed by atoms with E-state index in [0.29, 0.717) is 18.8 Å². The lowest BCUT2D eigenvalue weighted by Gasteiger charge is -2.06. The Labute approximate surface area is 146 Å². The van der Waals surface area contributed by atoms with E-state index in [1.807, 2.05) is 43.0 Å². The van der Waals surface area contributed by atoms with Crippen molar-refractivity contribution < 1.29 is 4.79 Å². The van der Waals surface area contributed by atoms with E-state index in [1.54, 1.807) is 4.68 Å². The number of benzene rings is 1. The smallest absolute Gasteiger partial charge is 0.225 e. The SMILES string of the molecule is Cc1nn(C)cc1Cc1nc(CC(N)=O)nn1CCc1ccccc1. The van der Waals surface area contributed by atoms with Crippen LogP contribution in [0, 0.1) is 6.92 Å². The monoisotopic (exact) mass is 338 g/mol. The van der Waals surface area contributed by atoms with Crippen LogP contribution in [0.25, 0.3) is 0 Å². The Kier molecular flexibility index (Phi) is 4.92. The van der Waals surface area contributed by atoms with Crippen LogP contribution in [-0.4, -0.2) is 30.5 Å². The summed E-state index contributed by atoms with van der Waals surface area (Å²) in [5.74, 6) is 0.865. The van der Waals surface area contributed by atoms with Crippen LogP contribution in [0.4, 0.5) is 0 Å². The molecule has 0 aliphatic heterocycles. The second kappa shape index (κ2) is 7.29. The fraction of sp³-hybridized carbons (Fsp3) is 0.333. The van der Waals surface area contributed by atoms with Crippen molar-refractivity contribution in [2.45, 2.75) is 32.7 Å². The van der Waals surface area contributed by atoms with Crippen molar-refractivity contribution in [3.8, 4) is 0 Å². The van der Waals surface area contributed by atoms with Crippen LogP contribution >= 0.6 is 0 Å². The number of aromatic nitrogens is 5. The van der Waals surface area contributed by atoms with Crippen molar-refractivity contribution in [1.29, 1.82) is 0 Å². The summed E-state index contributed by atoms with van der Waals surface area (Å²) in [5, 5.41) is 8.85.